The van der Waals surface area contributed by atoms with Gasteiger partial charge in [0.15, 0.2) is 0 Å². The number of rotatable bonds is 5. The Balaban J connectivity index is 1.94. The number of aryl methyl sites for hydroxylation is 2. The number of fused-ring (bicyclic) bond motifs is 1. The molecule has 0 aliphatic carbocycles. The molecule has 2 N–H and O–H groups in total. The van der Waals surface area contributed by atoms with Crippen LogP contribution in [0.4, 0.5) is 10.1 Å². The number of hydrogen-bond donors (Lipinski definition) is 2. The van der Waals surface area contributed by atoms with Gasteiger partial charge in [0.25, 0.3) is 5.91 Å². The van der Waals surface area contributed by atoms with E-state index in [1.54, 1.807) is 52.0 Å². The van der Waals surface area contributed by atoms with Gasteiger partial charge in [0, 0.05) is 17.1 Å². The van der Waals surface area contributed by atoms with Crippen LogP contribution in [0.15, 0.2) is 47.4 Å². The number of benzene rings is 2. The molecule has 0 saturated carbocycles. The van der Waals surface area contributed by atoms with Crippen LogP contribution < -0.4 is 10.0 Å². The summed E-state index contributed by atoms with van der Waals surface area (Å²) in [4.78, 5) is 17.2. The summed E-state index contributed by atoms with van der Waals surface area (Å²) >= 11 is 0. The molecule has 3 rings (SSSR count). The third kappa shape index (κ3) is 4.60. The average Bonchev–Trinajstić information content (AvgIpc) is 2.61. The molecule has 1 aromatic heterocycles. The molecule has 8 heteroatoms. The molecular formula is C21H22FN3O3S. The summed E-state index contributed by atoms with van der Waals surface area (Å²) in [5, 5.41) is 3.21. The van der Waals surface area contributed by atoms with Crippen molar-refractivity contribution in [1.82, 2.24) is 9.71 Å². The highest BCUT2D eigenvalue weighted by Gasteiger charge is 2.19. The van der Waals surface area contributed by atoms with E-state index in [0.717, 1.165) is 0 Å². The van der Waals surface area contributed by atoms with Crippen molar-refractivity contribution in [3.63, 3.8) is 0 Å². The van der Waals surface area contributed by atoms with Crippen LogP contribution in [-0.2, 0) is 10.0 Å². The van der Waals surface area contributed by atoms with Gasteiger partial charge in [0.1, 0.15) is 5.82 Å². The lowest BCUT2D eigenvalue weighted by Crippen LogP contribution is -2.30. The number of carbonyl (C=O) groups excluding carboxylic acids is 1. The molecule has 1 amide bonds. The number of halogens is 1. The van der Waals surface area contributed by atoms with Gasteiger partial charge >= 0.3 is 0 Å². The average molecular weight is 415 g/mol. The van der Waals surface area contributed by atoms with E-state index in [4.69, 9.17) is 0 Å². The number of pyridine rings is 1. The second-order valence-corrected chi connectivity index (χ2v) is 8.85. The van der Waals surface area contributed by atoms with E-state index in [9.17, 15) is 17.6 Å². The van der Waals surface area contributed by atoms with Crippen LogP contribution in [0.3, 0.4) is 0 Å². The first kappa shape index (κ1) is 20.9. The monoisotopic (exact) mass is 415 g/mol. The number of nitrogens with one attached hydrogen (secondary N) is 2. The van der Waals surface area contributed by atoms with Gasteiger partial charge in [-0.25, -0.2) is 17.5 Å². The Morgan fingerprint density at radius 1 is 1.07 bits per heavy atom. The zero-order valence-electron chi connectivity index (χ0n) is 16.6. The van der Waals surface area contributed by atoms with Crippen molar-refractivity contribution in [3.8, 4) is 0 Å². The Bertz CT molecular complexity index is 1210. The largest absolute Gasteiger partial charge is 0.322 e. The Morgan fingerprint density at radius 2 is 1.79 bits per heavy atom. The quantitative estimate of drug-likeness (QED) is 0.661. The number of nitrogens with zero attached hydrogens (tertiary/aromatic N) is 1. The van der Waals surface area contributed by atoms with E-state index < -0.39 is 21.7 Å². The molecule has 1 heterocycles. The second-order valence-electron chi connectivity index (χ2n) is 7.17. The molecule has 6 nitrogen and oxygen atoms in total. The van der Waals surface area contributed by atoms with Crippen LogP contribution >= 0.6 is 0 Å². The van der Waals surface area contributed by atoms with Crippen LogP contribution in [-0.4, -0.2) is 25.4 Å². The lowest BCUT2D eigenvalue weighted by Gasteiger charge is -2.14. The molecule has 0 fully saturated rings. The van der Waals surface area contributed by atoms with Crippen LogP contribution in [0.1, 0.15) is 35.5 Å². The molecule has 0 aliphatic rings. The van der Waals surface area contributed by atoms with Crippen LogP contribution in [0, 0.1) is 19.7 Å². The van der Waals surface area contributed by atoms with Gasteiger partial charge in [-0.1, -0.05) is 6.07 Å². The van der Waals surface area contributed by atoms with E-state index in [2.05, 4.69) is 15.0 Å². The van der Waals surface area contributed by atoms with Gasteiger partial charge in [0.2, 0.25) is 10.0 Å². The molecule has 3 aromatic rings. The number of aromatic nitrogens is 1. The highest BCUT2D eigenvalue weighted by Crippen LogP contribution is 2.23. The first-order valence-corrected chi connectivity index (χ1v) is 10.6. The minimum Gasteiger partial charge on any atom is -0.322 e. The highest BCUT2D eigenvalue weighted by molar-refractivity contribution is 7.89. The maximum atomic E-state index is 13.5. The molecule has 29 heavy (non-hydrogen) atoms. The maximum absolute atomic E-state index is 13.5. The highest BCUT2D eigenvalue weighted by atomic mass is 32.2. The Hall–Kier alpha value is -2.84. The van der Waals surface area contributed by atoms with Crippen molar-refractivity contribution in [3.05, 3.63) is 65.1 Å². The predicted molar refractivity (Wildman–Crippen MR) is 111 cm³/mol. The molecule has 0 unspecified atom stereocenters. The van der Waals surface area contributed by atoms with E-state index >= 15 is 0 Å². The number of carbonyl (C=O) groups is 1. The predicted octanol–water partition coefficient (Wildman–Crippen LogP) is 3.93. The molecule has 0 saturated heterocycles. The van der Waals surface area contributed by atoms with Crippen LogP contribution in [0.2, 0.25) is 0 Å². The molecule has 0 atom stereocenters. The minimum absolute atomic E-state index is 0.0967. The standard InChI is InChI=1S/C21H22FN3O3S/c1-12(2)25-29(27,28)20-11-17(7-5-13(20)3)24-21(26)18-10-15-9-16(22)6-8-19(15)23-14(18)4/h5-12,25H,1-4H3,(H,24,26). The Labute approximate surface area is 169 Å². The maximum Gasteiger partial charge on any atom is 0.257 e. The zero-order chi connectivity index (χ0) is 21.3. The summed E-state index contributed by atoms with van der Waals surface area (Å²) in [5.74, 6) is -0.870. The van der Waals surface area contributed by atoms with Gasteiger partial charge in [-0.2, -0.15) is 0 Å². The van der Waals surface area contributed by atoms with E-state index in [1.807, 2.05) is 0 Å². The molecule has 2 aromatic carbocycles. The topological polar surface area (TPSA) is 88.2 Å². The van der Waals surface area contributed by atoms with Gasteiger partial charge in [-0.15, -0.1) is 0 Å². The molecule has 152 valence electrons. The van der Waals surface area contributed by atoms with Crippen LogP contribution in [0.5, 0.6) is 0 Å². The fraction of sp³-hybridized carbons (Fsp3) is 0.238. The summed E-state index contributed by atoms with van der Waals surface area (Å²) in [6.07, 6.45) is 0. The van der Waals surface area contributed by atoms with Gasteiger partial charge in [-0.3, -0.25) is 9.78 Å². The third-order valence-electron chi connectivity index (χ3n) is 4.34. The molecule has 0 aliphatic heterocycles. The van der Waals surface area contributed by atoms with Crippen molar-refractivity contribution in [2.45, 2.75) is 38.6 Å². The fourth-order valence-electron chi connectivity index (χ4n) is 3.01. The molecule has 0 radical (unpaired) electrons. The van der Waals surface area contributed by atoms with Crippen molar-refractivity contribution in [2.24, 2.45) is 0 Å². The van der Waals surface area contributed by atoms with Crippen molar-refractivity contribution >= 4 is 32.5 Å². The minimum atomic E-state index is -3.71. The van der Waals surface area contributed by atoms with Crippen molar-refractivity contribution < 1.29 is 17.6 Å². The Morgan fingerprint density at radius 3 is 2.48 bits per heavy atom. The second kappa shape index (κ2) is 7.88. The van der Waals surface area contributed by atoms with Gasteiger partial charge < -0.3 is 5.32 Å². The van der Waals surface area contributed by atoms with E-state index in [1.165, 1.54) is 18.2 Å². The third-order valence-corrected chi connectivity index (χ3v) is 6.14. The normalized spacial score (nSPS) is 11.8. The number of hydrogen-bond acceptors (Lipinski definition) is 4. The number of sulfonamides is 1. The summed E-state index contributed by atoms with van der Waals surface area (Å²) in [6, 6.07) is 10.2. The Kier molecular flexibility index (Phi) is 5.68. The lowest BCUT2D eigenvalue weighted by molar-refractivity contribution is 0.102. The summed E-state index contributed by atoms with van der Waals surface area (Å²) in [5.41, 5.74) is 2.26. The van der Waals surface area contributed by atoms with E-state index in [-0.39, 0.29) is 16.5 Å². The molecule has 0 spiro atoms. The fourth-order valence-corrected chi connectivity index (χ4v) is 4.53. The summed E-state index contributed by atoms with van der Waals surface area (Å²) in [6.45, 7) is 6.84. The number of anilines is 1. The molecule has 0 bridgehead atoms. The SMILES string of the molecule is Cc1ccc(NC(=O)c2cc3cc(F)ccc3nc2C)cc1S(=O)(=O)NC(C)C. The number of amides is 1. The first-order chi connectivity index (χ1) is 13.6. The molecular weight excluding hydrogens is 393 g/mol. The summed E-state index contributed by atoms with van der Waals surface area (Å²) in [7, 11) is -3.71. The lowest BCUT2D eigenvalue weighted by atomic mass is 10.1. The van der Waals surface area contributed by atoms with E-state index in [0.29, 0.717) is 27.8 Å². The van der Waals surface area contributed by atoms with Crippen LogP contribution in [0.25, 0.3) is 10.9 Å². The van der Waals surface area contributed by atoms with Crippen molar-refractivity contribution in [1.29, 1.82) is 0 Å². The summed E-state index contributed by atoms with van der Waals surface area (Å²) < 4.78 is 41.1. The smallest absolute Gasteiger partial charge is 0.257 e. The van der Waals surface area contributed by atoms with Gasteiger partial charge in [0.05, 0.1) is 21.7 Å². The van der Waals surface area contributed by atoms with Gasteiger partial charge in [-0.05, 0) is 69.7 Å². The first-order valence-electron chi connectivity index (χ1n) is 9.08. The zero-order valence-corrected chi connectivity index (χ0v) is 17.4. The van der Waals surface area contributed by atoms with Crippen molar-refractivity contribution in [2.75, 3.05) is 5.32 Å².